The number of hydrogen-bond acceptors (Lipinski definition) is 5. The van der Waals surface area contributed by atoms with Gasteiger partial charge in [-0.1, -0.05) is 0 Å². The summed E-state index contributed by atoms with van der Waals surface area (Å²) < 4.78 is 7.04. The zero-order valence-corrected chi connectivity index (χ0v) is 16.7. The summed E-state index contributed by atoms with van der Waals surface area (Å²) in [5, 5.41) is 7.89. The Kier molecular flexibility index (Phi) is 5.80. The second-order valence-electron chi connectivity index (χ2n) is 7.49. The second kappa shape index (κ2) is 8.65. The van der Waals surface area contributed by atoms with E-state index < -0.39 is 0 Å². The molecule has 2 aliphatic heterocycles. The van der Waals surface area contributed by atoms with Gasteiger partial charge >= 0.3 is 0 Å². The highest BCUT2D eigenvalue weighted by Crippen LogP contribution is 2.18. The lowest BCUT2D eigenvalue weighted by Gasteiger charge is -2.34. The van der Waals surface area contributed by atoms with Crippen LogP contribution in [0.1, 0.15) is 39.7 Å². The number of methoxy groups -OCH3 is 1. The molecule has 3 heterocycles. The number of carbonyl (C=O) groups excluding carboxylic acids is 2. The SMILES string of the molecule is COc1ccc(C(=O)N2CCN(C(=O)c3ccn(C4CCCNC4)n3)CC2)cc1. The van der Waals surface area contributed by atoms with Crippen LogP contribution in [-0.2, 0) is 0 Å². The van der Waals surface area contributed by atoms with Gasteiger partial charge in [0.2, 0.25) is 0 Å². The molecular formula is C21H27N5O3. The first-order valence-corrected chi connectivity index (χ1v) is 10.1. The fourth-order valence-corrected chi connectivity index (χ4v) is 3.91. The summed E-state index contributed by atoms with van der Waals surface area (Å²) in [6.45, 7) is 4.00. The molecule has 8 nitrogen and oxygen atoms in total. The van der Waals surface area contributed by atoms with Gasteiger partial charge in [-0.15, -0.1) is 0 Å². The lowest BCUT2D eigenvalue weighted by molar-refractivity contribution is 0.0531. The van der Waals surface area contributed by atoms with Crippen molar-refractivity contribution in [2.45, 2.75) is 18.9 Å². The lowest BCUT2D eigenvalue weighted by Crippen LogP contribution is -2.50. The lowest BCUT2D eigenvalue weighted by atomic mass is 10.1. The Labute approximate surface area is 170 Å². The van der Waals surface area contributed by atoms with Gasteiger partial charge in [-0.05, 0) is 49.7 Å². The van der Waals surface area contributed by atoms with E-state index in [1.807, 2.05) is 10.9 Å². The van der Waals surface area contributed by atoms with E-state index in [0.29, 0.717) is 43.5 Å². The van der Waals surface area contributed by atoms with Crippen LogP contribution in [0.2, 0.25) is 0 Å². The van der Waals surface area contributed by atoms with E-state index in [-0.39, 0.29) is 11.8 Å². The minimum absolute atomic E-state index is 0.0196. The predicted octanol–water partition coefficient (Wildman–Crippen LogP) is 1.41. The Bertz CT molecular complexity index is 849. The standard InChI is InChI=1S/C21H27N5O3/c1-29-18-6-4-16(5-7-18)20(27)24-11-13-25(14-12-24)21(28)19-8-10-26(23-19)17-3-2-9-22-15-17/h4-8,10,17,22H,2-3,9,11-15H2,1H3. The molecule has 0 spiro atoms. The van der Waals surface area contributed by atoms with Crippen molar-refractivity contribution in [3.05, 3.63) is 47.8 Å². The quantitative estimate of drug-likeness (QED) is 0.844. The summed E-state index contributed by atoms with van der Waals surface area (Å²) in [5.41, 5.74) is 1.11. The van der Waals surface area contributed by atoms with Crippen LogP contribution >= 0.6 is 0 Å². The zero-order chi connectivity index (χ0) is 20.2. The Morgan fingerprint density at radius 3 is 2.34 bits per heavy atom. The third-order valence-electron chi connectivity index (χ3n) is 5.66. The number of nitrogens with one attached hydrogen (secondary N) is 1. The highest BCUT2D eigenvalue weighted by molar-refractivity contribution is 5.95. The van der Waals surface area contributed by atoms with Crippen LogP contribution in [0.4, 0.5) is 0 Å². The first-order valence-electron chi connectivity index (χ1n) is 10.1. The Hall–Kier alpha value is -2.87. The van der Waals surface area contributed by atoms with Gasteiger partial charge in [-0.3, -0.25) is 14.3 Å². The van der Waals surface area contributed by atoms with Crippen molar-refractivity contribution >= 4 is 11.8 Å². The van der Waals surface area contributed by atoms with Crippen molar-refractivity contribution in [2.75, 3.05) is 46.4 Å². The van der Waals surface area contributed by atoms with E-state index in [2.05, 4.69) is 10.4 Å². The van der Waals surface area contributed by atoms with Crippen LogP contribution in [0, 0.1) is 0 Å². The molecule has 0 aliphatic carbocycles. The number of piperidine rings is 1. The van der Waals surface area contributed by atoms with E-state index in [9.17, 15) is 9.59 Å². The van der Waals surface area contributed by atoms with Gasteiger partial charge in [-0.25, -0.2) is 0 Å². The van der Waals surface area contributed by atoms with Gasteiger partial charge < -0.3 is 19.9 Å². The van der Waals surface area contributed by atoms with E-state index in [4.69, 9.17) is 4.74 Å². The topological polar surface area (TPSA) is 79.7 Å². The van der Waals surface area contributed by atoms with Crippen LogP contribution in [0.15, 0.2) is 36.5 Å². The van der Waals surface area contributed by atoms with Crippen molar-refractivity contribution in [3.63, 3.8) is 0 Å². The van der Waals surface area contributed by atoms with Crippen LogP contribution in [-0.4, -0.2) is 77.8 Å². The monoisotopic (exact) mass is 397 g/mol. The number of carbonyl (C=O) groups is 2. The molecule has 1 N–H and O–H groups in total. The summed E-state index contributed by atoms with van der Waals surface area (Å²) in [7, 11) is 1.60. The van der Waals surface area contributed by atoms with Crippen molar-refractivity contribution < 1.29 is 14.3 Å². The Morgan fingerprint density at radius 1 is 1.03 bits per heavy atom. The molecule has 0 radical (unpaired) electrons. The maximum absolute atomic E-state index is 12.8. The number of ether oxygens (including phenoxy) is 1. The van der Waals surface area contributed by atoms with Gasteiger partial charge in [0.05, 0.1) is 13.2 Å². The molecule has 2 aromatic rings. The van der Waals surface area contributed by atoms with E-state index in [0.717, 1.165) is 31.7 Å². The fraction of sp³-hybridized carbons (Fsp3) is 0.476. The molecule has 2 saturated heterocycles. The summed E-state index contributed by atoms with van der Waals surface area (Å²) in [4.78, 5) is 29.1. The summed E-state index contributed by atoms with van der Waals surface area (Å²) >= 11 is 0. The van der Waals surface area contributed by atoms with Gasteiger partial charge in [-0.2, -0.15) is 5.10 Å². The number of benzene rings is 1. The molecule has 2 amide bonds. The van der Waals surface area contributed by atoms with E-state index >= 15 is 0 Å². The van der Waals surface area contributed by atoms with Crippen LogP contribution < -0.4 is 10.1 Å². The summed E-state index contributed by atoms with van der Waals surface area (Å²) in [6.07, 6.45) is 4.10. The van der Waals surface area contributed by atoms with Crippen LogP contribution in [0.25, 0.3) is 0 Å². The van der Waals surface area contributed by atoms with Crippen molar-refractivity contribution in [2.24, 2.45) is 0 Å². The number of piperazine rings is 1. The van der Waals surface area contributed by atoms with E-state index in [1.54, 1.807) is 47.2 Å². The second-order valence-corrected chi connectivity index (χ2v) is 7.49. The Morgan fingerprint density at radius 2 is 1.72 bits per heavy atom. The highest BCUT2D eigenvalue weighted by atomic mass is 16.5. The van der Waals surface area contributed by atoms with Gasteiger partial charge in [0, 0.05) is 44.5 Å². The third-order valence-corrected chi connectivity index (χ3v) is 5.66. The van der Waals surface area contributed by atoms with Crippen LogP contribution in [0.5, 0.6) is 5.75 Å². The molecular weight excluding hydrogens is 370 g/mol. The van der Waals surface area contributed by atoms with Gasteiger partial charge in [0.1, 0.15) is 11.4 Å². The summed E-state index contributed by atoms with van der Waals surface area (Å²) in [5.74, 6) is 0.637. The van der Waals surface area contributed by atoms with E-state index in [1.165, 1.54) is 0 Å². The van der Waals surface area contributed by atoms with Crippen molar-refractivity contribution in [3.8, 4) is 5.75 Å². The number of amides is 2. The molecule has 2 aliphatic rings. The average molecular weight is 397 g/mol. The largest absolute Gasteiger partial charge is 0.497 e. The molecule has 1 atom stereocenters. The predicted molar refractivity (Wildman–Crippen MR) is 108 cm³/mol. The molecule has 8 heteroatoms. The normalized spacial score (nSPS) is 19.8. The average Bonchev–Trinajstić information content (AvgIpc) is 3.29. The molecule has 1 aromatic heterocycles. The minimum Gasteiger partial charge on any atom is -0.497 e. The maximum Gasteiger partial charge on any atom is 0.274 e. The molecule has 1 unspecified atom stereocenters. The van der Waals surface area contributed by atoms with Gasteiger partial charge in [0.15, 0.2) is 0 Å². The number of nitrogens with zero attached hydrogens (tertiary/aromatic N) is 4. The molecule has 1 aromatic carbocycles. The first-order chi connectivity index (χ1) is 14.2. The zero-order valence-electron chi connectivity index (χ0n) is 16.7. The smallest absolute Gasteiger partial charge is 0.274 e. The highest BCUT2D eigenvalue weighted by Gasteiger charge is 2.27. The minimum atomic E-state index is -0.0657. The summed E-state index contributed by atoms with van der Waals surface area (Å²) in [6, 6.07) is 9.21. The molecule has 0 saturated carbocycles. The maximum atomic E-state index is 12.8. The fourth-order valence-electron chi connectivity index (χ4n) is 3.91. The molecule has 4 rings (SSSR count). The number of hydrogen-bond donors (Lipinski definition) is 1. The third kappa shape index (κ3) is 4.27. The number of rotatable bonds is 4. The van der Waals surface area contributed by atoms with Crippen LogP contribution in [0.3, 0.4) is 0 Å². The molecule has 29 heavy (non-hydrogen) atoms. The molecule has 0 bridgehead atoms. The van der Waals surface area contributed by atoms with Crippen molar-refractivity contribution in [1.82, 2.24) is 24.9 Å². The first kappa shape index (κ1) is 19.4. The Balaban J connectivity index is 1.33. The molecule has 154 valence electrons. The number of aromatic nitrogens is 2. The molecule has 2 fully saturated rings. The van der Waals surface area contributed by atoms with Crippen molar-refractivity contribution in [1.29, 1.82) is 0 Å². The van der Waals surface area contributed by atoms with Gasteiger partial charge in [0.25, 0.3) is 11.8 Å².